The lowest BCUT2D eigenvalue weighted by Crippen LogP contribution is -2.04. The maximum Gasteiger partial charge on any atom is 0.165 e. The maximum atomic E-state index is 5.51. The highest BCUT2D eigenvalue weighted by Gasteiger charge is 2.25. The van der Waals surface area contributed by atoms with Gasteiger partial charge in [0.05, 0.1) is 49.8 Å². The Morgan fingerprint density at radius 2 is 0.761 bits per heavy atom. The third-order valence-corrected chi connectivity index (χ3v) is 14.6. The zero-order chi connectivity index (χ0) is 46.6. The molecule has 5 nitrogen and oxygen atoms in total. The van der Waals surface area contributed by atoms with Crippen LogP contribution in [0.2, 0.25) is 0 Å². The first-order valence-corrected chi connectivity index (χ1v) is 24.2. The number of hydrogen-bond donors (Lipinski definition) is 0. The molecule has 0 bridgehead atoms. The Labute approximate surface area is 408 Å². The van der Waals surface area contributed by atoms with Gasteiger partial charge >= 0.3 is 0 Å². The molecule has 0 aliphatic rings. The summed E-state index contributed by atoms with van der Waals surface area (Å²) < 4.78 is 7.29. The minimum atomic E-state index is 0.799. The van der Waals surface area contributed by atoms with E-state index in [9.17, 15) is 0 Å². The molecule has 0 spiro atoms. The molecule has 0 fully saturated rings. The molecule has 0 saturated carbocycles. The van der Waals surface area contributed by atoms with E-state index in [2.05, 4.69) is 250 Å². The van der Waals surface area contributed by atoms with Crippen molar-refractivity contribution in [3.05, 3.63) is 249 Å². The molecule has 11 aromatic carbocycles. The summed E-state index contributed by atoms with van der Waals surface area (Å²) in [5.41, 5.74) is 17.4. The van der Waals surface area contributed by atoms with Crippen LogP contribution < -0.4 is 0 Å². The lowest BCUT2D eigenvalue weighted by Gasteiger charge is -2.15. The SMILES string of the molecule is c1ccc(-c2ccc(-c3cccc(-n4c5ccccc5c5c6c7ccccc7n(-c7cccc8c7c7ccccc7n8-c7nc8ccccc8nc7-c7cccc8ccccc78)c6ccc54)c3)cc2)cc1. The molecular formula is C66H41N5. The predicted molar refractivity (Wildman–Crippen MR) is 296 cm³/mol. The standard InChI is InChI=1S/C66H41N5/c1-2-17-42(18-3-1)43-35-37-44(38-36-43)46-21-14-22-47(41-46)69-55-30-11-7-25-51(55)63-60(69)39-40-61-64(63)52-26-8-12-31-56(52)70(61)58-33-16-34-59-62(58)50-24-6-13-32-57(50)71(59)66-65(67-53-28-9-10-29-54(53)68-66)49-27-15-20-45-19-4-5-23-48(45)49/h1-41H. The number of benzene rings is 11. The van der Waals surface area contributed by atoms with E-state index in [1.807, 2.05) is 12.1 Å². The fraction of sp³-hybridized carbons (Fsp3) is 0. The van der Waals surface area contributed by atoms with Gasteiger partial charge in [0.2, 0.25) is 0 Å². The second-order valence-corrected chi connectivity index (χ2v) is 18.5. The van der Waals surface area contributed by atoms with Gasteiger partial charge in [0, 0.05) is 43.6 Å². The van der Waals surface area contributed by atoms with Crippen LogP contribution in [0.25, 0.3) is 138 Å². The van der Waals surface area contributed by atoms with E-state index in [0.717, 1.165) is 83.1 Å². The van der Waals surface area contributed by atoms with Crippen LogP contribution in [0.1, 0.15) is 0 Å². The van der Waals surface area contributed by atoms with Crippen LogP contribution in [0, 0.1) is 0 Å². The van der Waals surface area contributed by atoms with Crippen molar-refractivity contribution in [3.8, 4) is 50.7 Å². The monoisotopic (exact) mass is 903 g/mol. The summed E-state index contributed by atoms with van der Waals surface area (Å²) >= 11 is 0. The number of rotatable bonds is 6. The topological polar surface area (TPSA) is 40.6 Å². The molecule has 4 aromatic heterocycles. The van der Waals surface area contributed by atoms with Gasteiger partial charge in [-0.15, -0.1) is 0 Å². The molecule has 0 N–H and O–H groups in total. The average Bonchev–Trinajstić information content (AvgIpc) is 4.09. The van der Waals surface area contributed by atoms with Crippen LogP contribution in [0.5, 0.6) is 0 Å². The Morgan fingerprint density at radius 3 is 1.49 bits per heavy atom. The van der Waals surface area contributed by atoms with Crippen LogP contribution in [0.3, 0.4) is 0 Å². The van der Waals surface area contributed by atoms with E-state index in [0.29, 0.717) is 0 Å². The van der Waals surface area contributed by atoms with Crippen molar-refractivity contribution < 1.29 is 0 Å². The van der Waals surface area contributed by atoms with Gasteiger partial charge < -0.3 is 9.13 Å². The van der Waals surface area contributed by atoms with Crippen molar-refractivity contribution >= 4 is 87.2 Å². The minimum Gasteiger partial charge on any atom is -0.309 e. The van der Waals surface area contributed by atoms with Crippen molar-refractivity contribution in [2.45, 2.75) is 0 Å². The first-order valence-electron chi connectivity index (χ1n) is 24.2. The Morgan fingerprint density at radius 1 is 0.282 bits per heavy atom. The Bertz CT molecular complexity index is 4630. The van der Waals surface area contributed by atoms with E-state index in [1.54, 1.807) is 0 Å². The smallest absolute Gasteiger partial charge is 0.165 e. The average molecular weight is 904 g/mol. The summed E-state index contributed by atoms with van der Waals surface area (Å²) in [6, 6.07) is 89.7. The van der Waals surface area contributed by atoms with Crippen LogP contribution in [-0.2, 0) is 0 Å². The van der Waals surface area contributed by atoms with Crippen molar-refractivity contribution in [1.29, 1.82) is 0 Å². The summed E-state index contributed by atoms with van der Waals surface area (Å²) in [5, 5.41) is 9.52. The molecular weight excluding hydrogens is 863 g/mol. The van der Waals surface area contributed by atoms with Gasteiger partial charge in [0.15, 0.2) is 5.82 Å². The molecule has 5 heteroatoms. The third-order valence-electron chi connectivity index (χ3n) is 14.6. The number of fused-ring (bicyclic) bond motifs is 12. The summed E-state index contributed by atoms with van der Waals surface area (Å²) in [5.74, 6) is 0.799. The van der Waals surface area contributed by atoms with E-state index in [1.165, 1.54) is 54.8 Å². The van der Waals surface area contributed by atoms with Gasteiger partial charge in [0.1, 0.15) is 5.69 Å². The number of aromatic nitrogens is 5. The van der Waals surface area contributed by atoms with Crippen molar-refractivity contribution in [3.63, 3.8) is 0 Å². The number of hydrogen-bond acceptors (Lipinski definition) is 2. The Balaban J connectivity index is 0.967. The fourth-order valence-corrected chi connectivity index (χ4v) is 11.5. The zero-order valence-electron chi connectivity index (χ0n) is 38.4. The molecule has 0 radical (unpaired) electrons. The zero-order valence-corrected chi connectivity index (χ0v) is 38.4. The second kappa shape index (κ2) is 15.5. The predicted octanol–water partition coefficient (Wildman–Crippen LogP) is 17.1. The van der Waals surface area contributed by atoms with Gasteiger partial charge in [0.25, 0.3) is 0 Å². The fourth-order valence-electron chi connectivity index (χ4n) is 11.5. The molecule has 4 heterocycles. The van der Waals surface area contributed by atoms with Crippen molar-refractivity contribution in [2.75, 3.05) is 0 Å². The highest BCUT2D eigenvalue weighted by Crippen LogP contribution is 2.46. The van der Waals surface area contributed by atoms with Gasteiger partial charge in [-0.1, -0.05) is 182 Å². The quantitative estimate of drug-likeness (QED) is 0.167. The van der Waals surface area contributed by atoms with Gasteiger partial charge in [-0.25, -0.2) is 9.97 Å². The lowest BCUT2D eigenvalue weighted by atomic mass is 10.00. The molecule has 330 valence electrons. The van der Waals surface area contributed by atoms with Crippen LogP contribution in [0.15, 0.2) is 249 Å². The van der Waals surface area contributed by atoms with E-state index in [4.69, 9.17) is 9.97 Å². The highest BCUT2D eigenvalue weighted by molar-refractivity contribution is 6.29. The van der Waals surface area contributed by atoms with Crippen LogP contribution in [-0.4, -0.2) is 23.7 Å². The molecule has 0 unspecified atom stereocenters. The molecule has 0 aliphatic heterocycles. The normalized spacial score (nSPS) is 11.9. The maximum absolute atomic E-state index is 5.51. The summed E-state index contributed by atoms with van der Waals surface area (Å²) in [7, 11) is 0. The van der Waals surface area contributed by atoms with Gasteiger partial charge in [-0.05, 0) is 99.8 Å². The molecule has 0 aliphatic carbocycles. The van der Waals surface area contributed by atoms with Gasteiger partial charge in [-0.3, -0.25) is 4.57 Å². The Kier molecular flexibility index (Phi) is 8.59. The van der Waals surface area contributed by atoms with Crippen LogP contribution >= 0.6 is 0 Å². The highest BCUT2D eigenvalue weighted by atomic mass is 15.1. The second-order valence-electron chi connectivity index (χ2n) is 18.5. The molecule has 15 aromatic rings. The van der Waals surface area contributed by atoms with Crippen LogP contribution in [0.4, 0.5) is 0 Å². The van der Waals surface area contributed by atoms with Gasteiger partial charge in [-0.2, -0.15) is 0 Å². The van der Waals surface area contributed by atoms with Crippen molar-refractivity contribution in [2.24, 2.45) is 0 Å². The molecule has 0 saturated heterocycles. The third kappa shape index (κ3) is 5.93. The van der Waals surface area contributed by atoms with E-state index in [-0.39, 0.29) is 0 Å². The first kappa shape index (κ1) is 39.4. The molecule has 15 rings (SSSR count). The molecule has 0 amide bonds. The summed E-state index contributed by atoms with van der Waals surface area (Å²) in [6.07, 6.45) is 0. The Hall–Kier alpha value is -9.58. The van der Waals surface area contributed by atoms with E-state index >= 15 is 0 Å². The summed E-state index contributed by atoms with van der Waals surface area (Å²) in [6.45, 7) is 0. The number of para-hydroxylation sites is 5. The largest absolute Gasteiger partial charge is 0.309 e. The van der Waals surface area contributed by atoms with E-state index < -0.39 is 0 Å². The first-order chi connectivity index (χ1) is 35.2. The lowest BCUT2D eigenvalue weighted by molar-refractivity contribution is 1.08. The number of nitrogens with zero attached hydrogens (tertiary/aromatic N) is 5. The van der Waals surface area contributed by atoms with Crippen molar-refractivity contribution in [1.82, 2.24) is 23.7 Å². The summed E-state index contributed by atoms with van der Waals surface area (Å²) in [4.78, 5) is 11.0. The minimum absolute atomic E-state index is 0.799. The molecule has 0 atom stereocenters. The molecule has 71 heavy (non-hydrogen) atoms.